The smallest absolute Gasteiger partial charge is 0.335 e. The molecule has 0 spiro atoms. The van der Waals surface area contributed by atoms with Gasteiger partial charge in [0.1, 0.15) is 0 Å². The van der Waals surface area contributed by atoms with Gasteiger partial charge in [-0.1, -0.05) is 6.92 Å². The Morgan fingerprint density at radius 1 is 1.50 bits per heavy atom. The average Bonchev–Trinajstić information content (AvgIpc) is 2.67. The highest BCUT2D eigenvalue weighted by Gasteiger charge is 2.15. The van der Waals surface area contributed by atoms with Gasteiger partial charge in [0.05, 0.1) is 29.2 Å². The zero-order valence-corrected chi connectivity index (χ0v) is 9.88. The summed E-state index contributed by atoms with van der Waals surface area (Å²) in [6.07, 6.45) is 0.615. The van der Waals surface area contributed by atoms with Crippen molar-refractivity contribution in [3.63, 3.8) is 0 Å². The topological polar surface area (TPSA) is 95.3 Å². The Bertz CT molecular complexity index is 637. The molecule has 6 heteroatoms. The minimum atomic E-state index is -1.04. The molecule has 2 rings (SSSR count). The zero-order valence-electron chi connectivity index (χ0n) is 9.88. The van der Waals surface area contributed by atoms with Crippen LogP contribution in [0.25, 0.3) is 11.0 Å². The van der Waals surface area contributed by atoms with E-state index >= 15 is 0 Å². The summed E-state index contributed by atoms with van der Waals surface area (Å²) in [5.74, 6) is -1.04. The van der Waals surface area contributed by atoms with E-state index < -0.39 is 5.97 Å². The minimum absolute atomic E-state index is 0.118. The molecule has 1 aromatic carbocycles. The number of hydrogen-bond acceptors (Lipinski definition) is 3. The number of carboxylic acids is 1. The number of aliphatic hydroxyl groups excluding tert-OH is 1. The van der Waals surface area contributed by atoms with Crippen LogP contribution in [0.3, 0.4) is 0 Å². The van der Waals surface area contributed by atoms with Gasteiger partial charge in [0.25, 0.3) is 0 Å². The molecule has 0 saturated heterocycles. The molecule has 0 aliphatic rings. The third-order valence-corrected chi connectivity index (χ3v) is 3.01. The molecule has 0 fully saturated rings. The van der Waals surface area contributed by atoms with E-state index in [1.54, 1.807) is 6.07 Å². The molecule has 0 aliphatic carbocycles. The summed E-state index contributed by atoms with van der Waals surface area (Å²) in [7, 11) is 0. The van der Waals surface area contributed by atoms with Crippen LogP contribution in [0.5, 0.6) is 0 Å². The first kappa shape index (κ1) is 12.4. The number of nitrogens with zero attached hydrogens (tertiary/aromatic N) is 1. The van der Waals surface area contributed by atoms with Crippen LogP contribution in [0.1, 0.15) is 29.7 Å². The molecule has 0 saturated carbocycles. The molecule has 6 nitrogen and oxygen atoms in total. The van der Waals surface area contributed by atoms with E-state index in [1.165, 1.54) is 16.7 Å². The Balaban J connectivity index is 2.66. The van der Waals surface area contributed by atoms with Crippen LogP contribution in [-0.2, 0) is 0 Å². The number of H-pyrrole nitrogens is 1. The molecule has 0 amide bonds. The lowest BCUT2D eigenvalue weighted by Gasteiger charge is -2.13. The summed E-state index contributed by atoms with van der Waals surface area (Å²) >= 11 is 0. The number of aromatic carboxylic acids is 1. The van der Waals surface area contributed by atoms with E-state index in [1.807, 2.05) is 6.92 Å². The number of aromatic amines is 1. The predicted molar refractivity (Wildman–Crippen MR) is 65.9 cm³/mol. The number of nitrogens with one attached hydrogen (secondary N) is 1. The maximum atomic E-state index is 11.8. The van der Waals surface area contributed by atoms with Gasteiger partial charge in [-0.05, 0) is 24.6 Å². The molecule has 1 unspecified atom stereocenters. The molecule has 1 aromatic heterocycles. The number of carbonyl (C=O) groups is 1. The van der Waals surface area contributed by atoms with Crippen molar-refractivity contribution in [3.8, 4) is 0 Å². The number of imidazole rings is 1. The molecule has 3 N–H and O–H groups in total. The second kappa shape index (κ2) is 4.66. The van der Waals surface area contributed by atoms with E-state index in [4.69, 9.17) is 5.11 Å². The Morgan fingerprint density at radius 2 is 2.22 bits per heavy atom. The zero-order chi connectivity index (χ0) is 13.3. The van der Waals surface area contributed by atoms with Gasteiger partial charge in [-0.25, -0.2) is 9.59 Å². The summed E-state index contributed by atoms with van der Waals surface area (Å²) in [5, 5.41) is 18.1. The third kappa shape index (κ3) is 1.91. The number of hydrogen-bond donors (Lipinski definition) is 3. The summed E-state index contributed by atoms with van der Waals surface area (Å²) in [6.45, 7) is 1.74. The molecule has 0 bridgehead atoms. The van der Waals surface area contributed by atoms with Crippen molar-refractivity contribution in [2.75, 3.05) is 6.61 Å². The summed E-state index contributed by atoms with van der Waals surface area (Å²) < 4.78 is 1.46. The van der Waals surface area contributed by atoms with E-state index in [2.05, 4.69) is 4.98 Å². The van der Waals surface area contributed by atoms with E-state index in [0.717, 1.165) is 0 Å². The molecule has 1 atom stereocenters. The van der Waals surface area contributed by atoms with Crippen molar-refractivity contribution in [2.24, 2.45) is 0 Å². The monoisotopic (exact) mass is 250 g/mol. The Labute approximate surface area is 102 Å². The maximum Gasteiger partial charge on any atom is 0.335 e. The number of aromatic nitrogens is 2. The predicted octanol–water partition coefficient (Wildman–Crippen LogP) is 0.971. The van der Waals surface area contributed by atoms with Crippen molar-refractivity contribution in [3.05, 3.63) is 34.2 Å². The van der Waals surface area contributed by atoms with Crippen LogP contribution in [0.4, 0.5) is 0 Å². The van der Waals surface area contributed by atoms with Crippen molar-refractivity contribution >= 4 is 17.0 Å². The SMILES string of the molecule is CCC(CO)n1c(=O)[nH]c2cc(C(=O)O)ccc21. The Morgan fingerprint density at radius 3 is 2.78 bits per heavy atom. The second-order valence-corrected chi connectivity index (χ2v) is 4.08. The second-order valence-electron chi connectivity index (χ2n) is 4.08. The molecular weight excluding hydrogens is 236 g/mol. The lowest BCUT2D eigenvalue weighted by molar-refractivity contribution is 0.0697. The summed E-state index contributed by atoms with van der Waals surface area (Å²) in [5.41, 5.74) is 0.846. The molecule has 1 heterocycles. The first-order valence-electron chi connectivity index (χ1n) is 5.67. The van der Waals surface area contributed by atoms with Gasteiger partial charge in [-0.3, -0.25) is 4.57 Å². The number of benzene rings is 1. The highest BCUT2D eigenvalue weighted by Crippen LogP contribution is 2.18. The van der Waals surface area contributed by atoms with Crippen LogP contribution >= 0.6 is 0 Å². The van der Waals surface area contributed by atoms with Gasteiger partial charge in [-0.15, -0.1) is 0 Å². The number of rotatable bonds is 4. The highest BCUT2D eigenvalue weighted by atomic mass is 16.4. The molecule has 0 aliphatic heterocycles. The highest BCUT2D eigenvalue weighted by molar-refractivity contribution is 5.92. The fraction of sp³-hybridized carbons (Fsp3) is 0.333. The molecule has 2 aromatic rings. The van der Waals surface area contributed by atoms with Crippen molar-refractivity contribution < 1.29 is 15.0 Å². The van der Waals surface area contributed by atoms with E-state index in [-0.39, 0.29) is 23.9 Å². The molecule has 0 radical (unpaired) electrons. The van der Waals surface area contributed by atoms with Gasteiger partial charge in [0.15, 0.2) is 0 Å². The van der Waals surface area contributed by atoms with Crippen LogP contribution in [0.15, 0.2) is 23.0 Å². The number of carboxylic acid groups (broad SMARTS) is 1. The molecule has 18 heavy (non-hydrogen) atoms. The first-order chi connectivity index (χ1) is 8.58. The first-order valence-corrected chi connectivity index (χ1v) is 5.67. The lowest BCUT2D eigenvalue weighted by Crippen LogP contribution is -2.24. The van der Waals surface area contributed by atoms with Crippen LogP contribution in [0, 0.1) is 0 Å². The average molecular weight is 250 g/mol. The molecule has 96 valence electrons. The fourth-order valence-corrected chi connectivity index (χ4v) is 2.02. The molecular formula is C12H14N2O4. The van der Waals surface area contributed by atoms with Gasteiger partial charge in [-0.2, -0.15) is 0 Å². The Hall–Kier alpha value is -2.08. The lowest BCUT2D eigenvalue weighted by atomic mass is 10.2. The normalized spacial score (nSPS) is 12.8. The van der Waals surface area contributed by atoms with E-state index in [0.29, 0.717) is 17.5 Å². The van der Waals surface area contributed by atoms with Gasteiger partial charge in [0, 0.05) is 0 Å². The van der Waals surface area contributed by atoms with Crippen molar-refractivity contribution in [2.45, 2.75) is 19.4 Å². The Kier molecular flexibility index (Phi) is 3.20. The van der Waals surface area contributed by atoms with Crippen LogP contribution in [0.2, 0.25) is 0 Å². The largest absolute Gasteiger partial charge is 0.478 e. The number of fused-ring (bicyclic) bond motifs is 1. The van der Waals surface area contributed by atoms with Gasteiger partial charge < -0.3 is 15.2 Å². The third-order valence-electron chi connectivity index (χ3n) is 3.01. The minimum Gasteiger partial charge on any atom is -0.478 e. The standard InChI is InChI=1S/C12H14N2O4/c1-2-8(6-15)14-10-4-3-7(11(16)17)5-9(10)13-12(14)18/h3-5,8,15H,2,6H2,1H3,(H,13,18)(H,16,17). The van der Waals surface area contributed by atoms with Crippen LogP contribution < -0.4 is 5.69 Å². The van der Waals surface area contributed by atoms with Gasteiger partial charge in [0.2, 0.25) is 0 Å². The maximum absolute atomic E-state index is 11.8. The number of aliphatic hydroxyl groups is 1. The van der Waals surface area contributed by atoms with Crippen LogP contribution in [-0.4, -0.2) is 32.3 Å². The van der Waals surface area contributed by atoms with E-state index in [9.17, 15) is 14.7 Å². The fourth-order valence-electron chi connectivity index (χ4n) is 2.02. The summed E-state index contributed by atoms with van der Waals surface area (Å²) in [4.78, 5) is 25.3. The van der Waals surface area contributed by atoms with Gasteiger partial charge >= 0.3 is 11.7 Å². The quantitative estimate of drug-likeness (QED) is 0.753. The van der Waals surface area contributed by atoms with Crippen molar-refractivity contribution in [1.82, 2.24) is 9.55 Å². The summed E-state index contributed by atoms with van der Waals surface area (Å²) in [6, 6.07) is 4.13. The van der Waals surface area contributed by atoms with Crippen molar-refractivity contribution in [1.29, 1.82) is 0 Å².